The molecule has 31 heavy (non-hydrogen) atoms. The minimum absolute atomic E-state index is 0.165. The molecule has 0 aliphatic carbocycles. The van der Waals surface area contributed by atoms with Gasteiger partial charge in [0.05, 0.1) is 22.8 Å². The maximum Gasteiger partial charge on any atom is 0.338 e. The van der Waals surface area contributed by atoms with E-state index in [0.717, 1.165) is 10.8 Å². The third-order valence-corrected chi connectivity index (χ3v) is 6.98. The molecule has 0 bridgehead atoms. The Morgan fingerprint density at radius 2 is 1.71 bits per heavy atom. The molecule has 1 N–H and O–H groups in total. The summed E-state index contributed by atoms with van der Waals surface area (Å²) in [5, 5.41) is 4.38. The van der Waals surface area contributed by atoms with Crippen molar-refractivity contribution in [2.75, 3.05) is 22.8 Å². The average molecular weight is 439 g/mol. The van der Waals surface area contributed by atoms with Crippen LogP contribution in [0.3, 0.4) is 0 Å². The lowest BCUT2D eigenvalue weighted by Gasteiger charge is -2.18. The molecule has 7 nitrogen and oxygen atoms in total. The van der Waals surface area contributed by atoms with E-state index < -0.39 is 16.0 Å². The van der Waals surface area contributed by atoms with Gasteiger partial charge in [-0.05, 0) is 55.1 Å². The number of carbonyl (C=O) groups is 2. The molecule has 3 aromatic carbocycles. The Labute approximate surface area is 180 Å². The molecule has 1 aliphatic rings. The highest BCUT2D eigenvalue weighted by Gasteiger charge is 2.35. The van der Waals surface area contributed by atoms with Gasteiger partial charge in [0, 0.05) is 24.0 Å². The first-order chi connectivity index (χ1) is 14.9. The Hall–Kier alpha value is -3.39. The van der Waals surface area contributed by atoms with Crippen molar-refractivity contribution in [2.45, 2.75) is 24.7 Å². The molecule has 0 unspecified atom stereocenters. The lowest BCUT2D eigenvalue weighted by atomic mass is 10.1. The molecule has 1 amide bonds. The van der Waals surface area contributed by atoms with Gasteiger partial charge in [-0.1, -0.05) is 24.3 Å². The summed E-state index contributed by atoms with van der Waals surface area (Å²) in [7, 11) is -3.62. The first-order valence-corrected chi connectivity index (χ1v) is 11.5. The highest BCUT2D eigenvalue weighted by molar-refractivity contribution is 7.93. The number of amides is 1. The van der Waals surface area contributed by atoms with Crippen LogP contribution in [0.5, 0.6) is 0 Å². The monoisotopic (exact) mass is 438 g/mol. The number of esters is 1. The van der Waals surface area contributed by atoms with Gasteiger partial charge in [0.15, 0.2) is 0 Å². The van der Waals surface area contributed by atoms with Crippen molar-refractivity contribution in [2.24, 2.45) is 0 Å². The van der Waals surface area contributed by atoms with Gasteiger partial charge in [0.1, 0.15) is 0 Å². The summed E-state index contributed by atoms with van der Waals surface area (Å²) in [6.45, 7) is 2.24. The second kappa shape index (κ2) is 8.39. The number of anilines is 2. The molecule has 0 spiro atoms. The molecule has 8 heteroatoms. The zero-order valence-electron chi connectivity index (χ0n) is 17.0. The van der Waals surface area contributed by atoms with Crippen molar-refractivity contribution in [3.05, 3.63) is 66.2 Å². The highest BCUT2D eigenvalue weighted by Crippen LogP contribution is 2.41. The number of hydrogen-bond acceptors (Lipinski definition) is 5. The number of carbonyl (C=O) groups excluding carboxylic acids is 2. The zero-order chi connectivity index (χ0) is 22.0. The summed E-state index contributed by atoms with van der Waals surface area (Å²) >= 11 is 0. The quantitative estimate of drug-likeness (QED) is 0.564. The van der Waals surface area contributed by atoms with Crippen molar-refractivity contribution in [1.82, 2.24) is 0 Å². The number of benzene rings is 3. The van der Waals surface area contributed by atoms with E-state index in [0.29, 0.717) is 34.9 Å². The standard InChI is InChI=1S/C23H22N2O5S/c1-2-30-23(27)17-11-13-18(14-12-17)24-21(26)10-5-15-25-19-8-3-6-16-7-4-9-20(22(16)19)31(25,28)29/h3-4,6-9,11-14H,2,5,10,15H2,1H3,(H,24,26). The number of nitrogens with one attached hydrogen (secondary N) is 1. The zero-order valence-corrected chi connectivity index (χ0v) is 17.8. The summed E-state index contributed by atoms with van der Waals surface area (Å²) in [4.78, 5) is 24.3. The topological polar surface area (TPSA) is 92.8 Å². The molecule has 4 rings (SSSR count). The number of ether oxygens (including phenoxy) is 1. The molecule has 0 atom stereocenters. The first kappa shape index (κ1) is 20.9. The Bertz CT molecular complexity index is 1250. The summed E-state index contributed by atoms with van der Waals surface area (Å²) in [5.41, 5.74) is 1.62. The van der Waals surface area contributed by atoms with Gasteiger partial charge < -0.3 is 10.1 Å². The van der Waals surface area contributed by atoms with E-state index in [9.17, 15) is 18.0 Å². The van der Waals surface area contributed by atoms with Gasteiger partial charge in [-0.25, -0.2) is 13.2 Å². The van der Waals surface area contributed by atoms with Crippen molar-refractivity contribution in [3.63, 3.8) is 0 Å². The van der Waals surface area contributed by atoms with Gasteiger partial charge in [0.25, 0.3) is 10.0 Å². The van der Waals surface area contributed by atoms with Crippen LogP contribution in [0, 0.1) is 0 Å². The van der Waals surface area contributed by atoms with E-state index in [1.165, 1.54) is 4.31 Å². The second-order valence-electron chi connectivity index (χ2n) is 7.16. The largest absolute Gasteiger partial charge is 0.462 e. The Balaban J connectivity index is 1.37. The van der Waals surface area contributed by atoms with Crippen LogP contribution in [0.2, 0.25) is 0 Å². The van der Waals surface area contributed by atoms with Gasteiger partial charge in [-0.2, -0.15) is 0 Å². The van der Waals surface area contributed by atoms with Crippen molar-refractivity contribution in [3.8, 4) is 0 Å². The molecule has 160 valence electrons. The maximum atomic E-state index is 13.0. The van der Waals surface area contributed by atoms with Crippen molar-refractivity contribution < 1.29 is 22.7 Å². The lowest BCUT2D eigenvalue weighted by Crippen LogP contribution is -2.28. The SMILES string of the molecule is CCOC(=O)c1ccc(NC(=O)CCCN2c3cccc4cccc(c34)S2(=O)=O)cc1. The van der Waals surface area contributed by atoms with E-state index in [1.807, 2.05) is 18.2 Å². The van der Waals surface area contributed by atoms with E-state index in [2.05, 4.69) is 5.32 Å². The average Bonchev–Trinajstić information content (AvgIpc) is 2.98. The van der Waals surface area contributed by atoms with Gasteiger partial charge in [-0.15, -0.1) is 0 Å². The third-order valence-electron chi connectivity index (χ3n) is 5.13. The van der Waals surface area contributed by atoms with Crippen molar-refractivity contribution >= 4 is 44.0 Å². The highest BCUT2D eigenvalue weighted by atomic mass is 32.2. The molecule has 0 fully saturated rings. The van der Waals surface area contributed by atoms with Crippen LogP contribution in [0.25, 0.3) is 10.8 Å². The van der Waals surface area contributed by atoms with Gasteiger partial charge >= 0.3 is 5.97 Å². The molecule has 1 heterocycles. The van der Waals surface area contributed by atoms with E-state index in [4.69, 9.17) is 4.74 Å². The van der Waals surface area contributed by atoms with Gasteiger partial charge in [-0.3, -0.25) is 9.10 Å². The Morgan fingerprint density at radius 3 is 2.42 bits per heavy atom. The van der Waals surface area contributed by atoms with Crippen LogP contribution in [-0.2, 0) is 19.6 Å². The fourth-order valence-electron chi connectivity index (χ4n) is 3.71. The predicted molar refractivity (Wildman–Crippen MR) is 119 cm³/mol. The van der Waals surface area contributed by atoms with Crippen LogP contribution >= 0.6 is 0 Å². The molecule has 1 aliphatic heterocycles. The Kier molecular flexibility index (Phi) is 5.65. The van der Waals surface area contributed by atoms with Crippen LogP contribution in [0.4, 0.5) is 11.4 Å². The number of rotatable bonds is 7. The van der Waals surface area contributed by atoms with E-state index >= 15 is 0 Å². The second-order valence-corrected chi connectivity index (χ2v) is 8.99. The maximum absolute atomic E-state index is 13.0. The lowest BCUT2D eigenvalue weighted by molar-refractivity contribution is -0.116. The van der Waals surface area contributed by atoms with Crippen LogP contribution < -0.4 is 9.62 Å². The van der Waals surface area contributed by atoms with Gasteiger partial charge in [0.2, 0.25) is 5.91 Å². The number of nitrogens with zero attached hydrogens (tertiary/aromatic N) is 1. The summed E-state index contributed by atoms with van der Waals surface area (Å²) in [5.74, 6) is -0.639. The van der Waals surface area contributed by atoms with Crippen LogP contribution in [-0.4, -0.2) is 33.4 Å². The summed E-state index contributed by atoms with van der Waals surface area (Å²) < 4.78 is 32.2. The molecule has 0 aromatic heterocycles. The number of hydrogen-bond donors (Lipinski definition) is 1. The molecular formula is C23H22N2O5S. The minimum Gasteiger partial charge on any atom is -0.462 e. The third kappa shape index (κ3) is 3.98. The first-order valence-electron chi connectivity index (χ1n) is 10.0. The molecule has 3 aromatic rings. The smallest absolute Gasteiger partial charge is 0.338 e. The predicted octanol–water partition coefficient (Wildman–Crippen LogP) is 3.94. The van der Waals surface area contributed by atoms with E-state index in [-0.39, 0.29) is 18.9 Å². The fourth-order valence-corrected chi connectivity index (χ4v) is 5.46. The summed E-state index contributed by atoms with van der Waals surface area (Å²) in [6.07, 6.45) is 0.536. The molecule has 0 saturated carbocycles. The number of sulfonamides is 1. The molecular weight excluding hydrogens is 416 g/mol. The normalized spacial score (nSPS) is 13.9. The minimum atomic E-state index is -3.62. The Morgan fingerprint density at radius 1 is 1.00 bits per heavy atom. The van der Waals surface area contributed by atoms with Crippen molar-refractivity contribution in [1.29, 1.82) is 0 Å². The summed E-state index contributed by atoms with van der Waals surface area (Å²) in [6, 6.07) is 17.2. The van der Waals surface area contributed by atoms with Crippen LogP contribution in [0.15, 0.2) is 65.6 Å². The molecule has 0 radical (unpaired) electrons. The van der Waals surface area contributed by atoms with Crippen LogP contribution in [0.1, 0.15) is 30.1 Å². The fraction of sp³-hybridized carbons (Fsp3) is 0.217. The van der Waals surface area contributed by atoms with E-state index in [1.54, 1.807) is 49.4 Å². The molecule has 0 saturated heterocycles.